The van der Waals surface area contributed by atoms with Crippen LogP contribution in [0.25, 0.3) is 10.8 Å². The van der Waals surface area contributed by atoms with Crippen molar-refractivity contribution in [3.05, 3.63) is 64.1 Å². The van der Waals surface area contributed by atoms with Gasteiger partial charge in [-0.3, -0.25) is 4.98 Å². The van der Waals surface area contributed by atoms with E-state index in [0.29, 0.717) is 0 Å². The number of nitrogens with zero attached hydrogens (tertiary/aromatic N) is 1. The number of fused-ring (bicyclic) bond motifs is 1. The van der Waals surface area contributed by atoms with Crippen LogP contribution in [0.2, 0.25) is 0 Å². The maximum absolute atomic E-state index is 6.38. The zero-order chi connectivity index (χ0) is 12.5. The van der Waals surface area contributed by atoms with Crippen LogP contribution in [0.1, 0.15) is 21.4 Å². The molecular formula is C15H14N2S. The molecule has 0 saturated heterocycles. The van der Waals surface area contributed by atoms with E-state index in [2.05, 4.69) is 42.2 Å². The SMILES string of the molecule is Cc1ccc(C(N)c2cccc3ccncc23)s1. The first-order valence-corrected chi connectivity index (χ1v) is 6.72. The third kappa shape index (κ3) is 1.92. The van der Waals surface area contributed by atoms with Gasteiger partial charge in [-0.25, -0.2) is 0 Å². The lowest BCUT2D eigenvalue weighted by molar-refractivity contribution is 0.903. The predicted molar refractivity (Wildman–Crippen MR) is 76.8 cm³/mol. The summed E-state index contributed by atoms with van der Waals surface area (Å²) in [6.07, 6.45) is 3.71. The highest BCUT2D eigenvalue weighted by Crippen LogP contribution is 2.30. The quantitative estimate of drug-likeness (QED) is 0.758. The molecule has 0 fully saturated rings. The largest absolute Gasteiger partial charge is 0.320 e. The average molecular weight is 254 g/mol. The number of hydrogen-bond acceptors (Lipinski definition) is 3. The minimum atomic E-state index is -0.0726. The Morgan fingerprint density at radius 3 is 2.83 bits per heavy atom. The fourth-order valence-electron chi connectivity index (χ4n) is 2.18. The molecule has 1 aromatic carbocycles. The third-order valence-corrected chi connectivity index (χ3v) is 4.20. The van der Waals surface area contributed by atoms with E-state index >= 15 is 0 Å². The van der Waals surface area contributed by atoms with Crippen LogP contribution >= 0.6 is 11.3 Å². The van der Waals surface area contributed by atoms with E-state index in [9.17, 15) is 0 Å². The Kier molecular flexibility index (Phi) is 2.86. The van der Waals surface area contributed by atoms with E-state index in [-0.39, 0.29) is 6.04 Å². The Morgan fingerprint density at radius 2 is 2.06 bits per heavy atom. The number of aromatic nitrogens is 1. The van der Waals surface area contributed by atoms with Crippen LogP contribution in [0.3, 0.4) is 0 Å². The lowest BCUT2D eigenvalue weighted by atomic mass is 10.00. The van der Waals surface area contributed by atoms with Crippen molar-refractivity contribution in [2.75, 3.05) is 0 Å². The molecule has 0 aliphatic carbocycles. The highest BCUT2D eigenvalue weighted by molar-refractivity contribution is 7.12. The van der Waals surface area contributed by atoms with Gasteiger partial charge in [-0.2, -0.15) is 0 Å². The first kappa shape index (κ1) is 11.4. The molecule has 2 aromatic heterocycles. The molecule has 2 N–H and O–H groups in total. The summed E-state index contributed by atoms with van der Waals surface area (Å²) in [5.41, 5.74) is 7.52. The summed E-state index contributed by atoms with van der Waals surface area (Å²) in [5, 5.41) is 2.32. The predicted octanol–water partition coefficient (Wildman–Crippen LogP) is 3.65. The maximum atomic E-state index is 6.38. The lowest BCUT2D eigenvalue weighted by Crippen LogP contribution is -2.10. The van der Waals surface area contributed by atoms with E-state index in [0.717, 1.165) is 10.9 Å². The van der Waals surface area contributed by atoms with Crippen LogP contribution in [0.15, 0.2) is 48.8 Å². The molecule has 0 radical (unpaired) electrons. The fourth-order valence-corrected chi connectivity index (χ4v) is 3.08. The lowest BCUT2D eigenvalue weighted by Gasteiger charge is -2.12. The molecule has 0 bridgehead atoms. The summed E-state index contributed by atoms with van der Waals surface area (Å²) >= 11 is 1.75. The molecule has 1 atom stereocenters. The second kappa shape index (κ2) is 4.52. The zero-order valence-electron chi connectivity index (χ0n) is 10.1. The Morgan fingerprint density at radius 1 is 1.17 bits per heavy atom. The number of rotatable bonds is 2. The molecule has 0 amide bonds. The normalized spacial score (nSPS) is 12.8. The summed E-state index contributed by atoms with van der Waals surface area (Å²) in [7, 11) is 0. The van der Waals surface area contributed by atoms with Crippen molar-refractivity contribution in [3.8, 4) is 0 Å². The van der Waals surface area contributed by atoms with Gasteiger partial charge in [0.25, 0.3) is 0 Å². The standard InChI is InChI=1S/C15H14N2S/c1-10-5-6-14(18-10)15(16)12-4-2-3-11-7-8-17-9-13(11)12/h2-9,15H,16H2,1H3. The number of benzene rings is 1. The first-order valence-electron chi connectivity index (χ1n) is 5.90. The van der Waals surface area contributed by atoms with E-state index in [1.165, 1.54) is 15.1 Å². The van der Waals surface area contributed by atoms with Gasteiger partial charge in [0.15, 0.2) is 0 Å². The van der Waals surface area contributed by atoms with E-state index in [1.807, 2.05) is 18.5 Å². The van der Waals surface area contributed by atoms with Crippen LogP contribution in [0.5, 0.6) is 0 Å². The molecule has 0 aliphatic rings. The highest BCUT2D eigenvalue weighted by Gasteiger charge is 2.13. The number of aryl methyl sites for hydroxylation is 1. The molecule has 0 saturated carbocycles. The van der Waals surface area contributed by atoms with Crippen LogP contribution in [0, 0.1) is 6.92 Å². The number of nitrogens with two attached hydrogens (primary N) is 1. The van der Waals surface area contributed by atoms with Gasteiger partial charge in [0.2, 0.25) is 0 Å². The summed E-state index contributed by atoms with van der Waals surface area (Å²) in [6.45, 7) is 2.10. The minimum Gasteiger partial charge on any atom is -0.320 e. The third-order valence-electron chi connectivity index (χ3n) is 3.12. The van der Waals surface area contributed by atoms with Gasteiger partial charge in [0.1, 0.15) is 0 Å². The van der Waals surface area contributed by atoms with Crippen LogP contribution < -0.4 is 5.73 Å². The molecule has 18 heavy (non-hydrogen) atoms. The Hall–Kier alpha value is -1.71. The second-order valence-electron chi connectivity index (χ2n) is 4.37. The van der Waals surface area contributed by atoms with Gasteiger partial charge in [0, 0.05) is 27.5 Å². The molecule has 3 rings (SSSR count). The molecule has 1 unspecified atom stereocenters. The first-order chi connectivity index (χ1) is 8.75. The van der Waals surface area contributed by atoms with E-state index < -0.39 is 0 Å². The van der Waals surface area contributed by atoms with Gasteiger partial charge in [-0.1, -0.05) is 18.2 Å². The molecule has 3 heteroatoms. The van der Waals surface area contributed by atoms with Crippen molar-refractivity contribution in [2.45, 2.75) is 13.0 Å². The second-order valence-corrected chi connectivity index (χ2v) is 5.69. The van der Waals surface area contributed by atoms with E-state index in [4.69, 9.17) is 5.73 Å². The summed E-state index contributed by atoms with van der Waals surface area (Å²) in [5.74, 6) is 0. The van der Waals surface area contributed by atoms with Crippen molar-refractivity contribution in [1.82, 2.24) is 4.98 Å². The fraction of sp³-hybridized carbons (Fsp3) is 0.133. The summed E-state index contributed by atoms with van der Waals surface area (Å²) in [6, 6.07) is 12.4. The van der Waals surface area contributed by atoms with Gasteiger partial charge in [-0.15, -0.1) is 11.3 Å². The Balaban J connectivity index is 2.14. The molecular weight excluding hydrogens is 240 g/mol. The topological polar surface area (TPSA) is 38.9 Å². The van der Waals surface area contributed by atoms with Gasteiger partial charge in [0.05, 0.1) is 6.04 Å². The smallest absolute Gasteiger partial charge is 0.0652 e. The summed E-state index contributed by atoms with van der Waals surface area (Å²) < 4.78 is 0. The maximum Gasteiger partial charge on any atom is 0.0652 e. The Labute approximate surface area is 110 Å². The Bertz CT molecular complexity index is 682. The number of pyridine rings is 1. The minimum absolute atomic E-state index is 0.0726. The highest BCUT2D eigenvalue weighted by atomic mass is 32.1. The van der Waals surface area contributed by atoms with Crippen molar-refractivity contribution >= 4 is 22.1 Å². The van der Waals surface area contributed by atoms with Gasteiger partial charge in [-0.05, 0) is 36.1 Å². The summed E-state index contributed by atoms with van der Waals surface area (Å²) in [4.78, 5) is 6.69. The molecule has 3 aromatic rings. The van der Waals surface area contributed by atoms with Crippen molar-refractivity contribution in [1.29, 1.82) is 0 Å². The number of hydrogen-bond donors (Lipinski definition) is 1. The monoisotopic (exact) mass is 254 g/mol. The van der Waals surface area contributed by atoms with Crippen LogP contribution in [-0.2, 0) is 0 Å². The molecule has 0 spiro atoms. The molecule has 2 heterocycles. The molecule has 2 nitrogen and oxygen atoms in total. The van der Waals surface area contributed by atoms with Crippen LogP contribution in [-0.4, -0.2) is 4.98 Å². The molecule has 90 valence electrons. The van der Waals surface area contributed by atoms with Crippen molar-refractivity contribution in [2.24, 2.45) is 5.73 Å². The van der Waals surface area contributed by atoms with Crippen molar-refractivity contribution in [3.63, 3.8) is 0 Å². The van der Waals surface area contributed by atoms with E-state index in [1.54, 1.807) is 11.3 Å². The zero-order valence-corrected chi connectivity index (χ0v) is 10.9. The average Bonchev–Trinajstić information content (AvgIpc) is 2.84. The number of thiophene rings is 1. The molecule has 0 aliphatic heterocycles. The van der Waals surface area contributed by atoms with Gasteiger partial charge >= 0.3 is 0 Å². The van der Waals surface area contributed by atoms with Gasteiger partial charge < -0.3 is 5.73 Å². The van der Waals surface area contributed by atoms with Crippen molar-refractivity contribution < 1.29 is 0 Å². The van der Waals surface area contributed by atoms with Crippen LogP contribution in [0.4, 0.5) is 0 Å².